The van der Waals surface area contributed by atoms with Gasteiger partial charge in [0, 0.05) is 17.4 Å². The lowest BCUT2D eigenvalue weighted by Gasteiger charge is -2.44. The minimum atomic E-state index is -2.64. The number of hydrogen-bond acceptors (Lipinski definition) is 4. The van der Waals surface area contributed by atoms with Crippen molar-refractivity contribution in [3.05, 3.63) is 60.7 Å². The average Bonchev–Trinajstić information content (AvgIpc) is 3.69. The molecular weight excluding hydrogens is 404 g/mol. The fourth-order valence-electron chi connectivity index (χ4n) is 5.37. The van der Waals surface area contributed by atoms with Crippen molar-refractivity contribution in [1.82, 2.24) is 0 Å². The van der Waals surface area contributed by atoms with Crippen molar-refractivity contribution in [3.63, 3.8) is 0 Å². The minimum absolute atomic E-state index is 0.0484. The first-order valence-electron chi connectivity index (χ1n) is 11.4. The standard InChI is InChI=1S/C26H36O4Si/c1-24(2,3)31(20-10-6-4-7-11-20,21-12-8-5-9-13-21)30-19-25(14-15-25)23(29)22-16-26(22,17-27)18-28/h4-13,22-23,27-29H,14-19H2,1-3H3. The van der Waals surface area contributed by atoms with Crippen LogP contribution in [-0.4, -0.2) is 49.6 Å². The molecule has 2 aliphatic rings. The zero-order valence-corrected chi connectivity index (χ0v) is 19.9. The van der Waals surface area contributed by atoms with Crippen LogP contribution in [0.4, 0.5) is 0 Å². The first kappa shape index (κ1) is 22.7. The molecule has 3 N–H and O–H groups in total. The Kier molecular flexibility index (Phi) is 5.94. The summed E-state index contributed by atoms with van der Waals surface area (Å²) in [5.74, 6) is -0.0484. The lowest BCUT2D eigenvalue weighted by atomic mass is 9.91. The number of hydrogen-bond donors (Lipinski definition) is 3. The zero-order valence-electron chi connectivity index (χ0n) is 18.9. The van der Waals surface area contributed by atoms with Crippen LogP contribution in [0.25, 0.3) is 0 Å². The van der Waals surface area contributed by atoms with Gasteiger partial charge in [-0.2, -0.15) is 0 Å². The summed E-state index contributed by atoms with van der Waals surface area (Å²) in [6.45, 7) is 7.15. The molecule has 4 rings (SSSR count). The van der Waals surface area contributed by atoms with Crippen LogP contribution in [0, 0.1) is 16.7 Å². The predicted molar refractivity (Wildman–Crippen MR) is 126 cm³/mol. The molecule has 5 heteroatoms. The summed E-state index contributed by atoms with van der Waals surface area (Å²) < 4.78 is 7.08. The third-order valence-electron chi connectivity index (χ3n) is 7.78. The Morgan fingerprint density at radius 1 is 0.935 bits per heavy atom. The van der Waals surface area contributed by atoms with Crippen molar-refractivity contribution in [2.75, 3.05) is 19.8 Å². The van der Waals surface area contributed by atoms with E-state index in [-0.39, 0.29) is 29.6 Å². The summed E-state index contributed by atoms with van der Waals surface area (Å²) in [5.41, 5.74) is -0.795. The molecule has 2 atom stereocenters. The molecule has 2 saturated carbocycles. The summed E-state index contributed by atoms with van der Waals surface area (Å²) in [6, 6.07) is 21.1. The number of aliphatic hydroxyl groups excluding tert-OH is 3. The molecule has 2 aromatic carbocycles. The smallest absolute Gasteiger partial charge is 0.261 e. The maximum Gasteiger partial charge on any atom is 0.261 e. The highest BCUT2D eigenvalue weighted by atomic mass is 28.4. The van der Waals surface area contributed by atoms with Gasteiger partial charge in [0.15, 0.2) is 0 Å². The molecule has 0 spiro atoms. The summed E-state index contributed by atoms with van der Waals surface area (Å²) in [5, 5.41) is 33.1. The van der Waals surface area contributed by atoms with Gasteiger partial charge in [0.2, 0.25) is 0 Å². The second-order valence-corrected chi connectivity index (χ2v) is 15.1. The van der Waals surface area contributed by atoms with E-state index in [4.69, 9.17) is 4.43 Å². The molecule has 0 amide bonds. The average molecular weight is 441 g/mol. The lowest BCUT2D eigenvalue weighted by Crippen LogP contribution is -2.67. The molecule has 0 heterocycles. The number of rotatable bonds is 9. The van der Waals surface area contributed by atoms with Crippen LogP contribution in [-0.2, 0) is 4.43 Å². The first-order valence-corrected chi connectivity index (χ1v) is 13.3. The number of benzene rings is 2. The molecule has 0 radical (unpaired) electrons. The highest BCUT2D eigenvalue weighted by molar-refractivity contribution is 6.99. The predicted octanol–water partition coefficient (Wildman–Crippen LogP) is 2.70. The molecule has 4 nitrogen and oxygen atoms in total. The largest absolute Gasteiger partial charge is 0.407 e. The fraction of sp³-hybridized carbons (Fsp3) is 0.538. The van der Waals surface area contributed by atoms with Crippen molar-refractivity contribution >= 4 is 18.7 Å². The summed E-state index contributed by atoms with van der Waals surface area (Å²) in [7, 11) is -2.64. The van der Waals surface area contributed by atoms with Crippen LogP contribution >= 0.6 is 0 Å². The molecule has 0 saturated heterocycles. The van der Waals surface area contributed by atoms with Crippen molar-refractivity contribution < 1.29 is 19.7 Å². The van der Waals surface area contributed by atoms with Gasteiger partial charge in [-0.25, -0.2) is 0 Å². The van der Waals surface area contributed by atoms with E-state index >= 15 is 0 Å². The third-order valence-corrected chi connectivity index (χ3v) is 12.8. The highest BCUT2D eigenvalue weighted by Gasteiger charge is 2.65. The van der Waals surface area contributed by atoms with E-state index in [0.717, 1.165) is 12.8 Å². The van der Waals surface area contributed by atoms with Gasteiger partial charge in [-0.1, -0.05) is 81.4 Å². The van der Waals surface area contributed by atoms with Crippen LogP contribution in [0.3, 0.4) is 0 Å². The molecule has 2 unspecified atom stereocenters. The monoisotopic (exact) mass is 440 g/mol. The molecule has 0 aliphatic heterocycles. The van der Waals surface area contributed by atoms with Crippen LogP contribution in [0.1, 0.15) is 40.0 Å². The Morgan fingerprint density at radius 2 is 1.42 bits per heavy atom. The second kappa shape index (κ2) is 8.12. The van der Waals surface area contributed by atoms with E-state index < -0.39 is 19.8 Å². The Bertz CT molecular complexity index is 830. The highest BCUT2D eigenvalue weighted by Crippen LogP contribution is 2.62. The quantitative estimate of drug-likeness (QED) is 0.525. The van der Waals surface area contributed by atoms with Gasteiger partial charge in [0.1, 0.15) is 0 Å². The van der Waals surface area contributed by atoms with Crippen molar-refractivity contribution in [2.45, 2.75) is 51.2 Å². The molecule has 2 aliphatic carbocycles. The van der Waals surface area contributed by atoms with Gasteiger partial charge in [0.05, 0.1) is 19.3 Å². The van der Waals surface area contributed by atoms with E-state index in [0.29, 0.717) is 13.0 Å². The van der Waals surface area contributed by atoms with E-state index in [2.05, 4.69) is 69.3 Å². The van der Waals surface area contributed by atoms with Gasteiger partial charge in [-0.05, 0) is 40.6 Å². The topological polar surface area (TPSA) is 69.9 Å². The van der Waals surface area contributed by atoms with E-state index in [1.165, 1.54) is 10.4 Å². The van der Waals surface area contributed by atoms with Crippen LogP contribution in [0.15, 0.2) is 60.7 Å². The van der Waals surface area contributed by atoms with E-state index in [1.807, 2.05) is 12.1 Å². The van der Waals surface area contributed by atoms with Crippen LogP contribution in [0.5, 0.6) is 0 Å². The van der Waals surface area contributed by atoms with Crippen LogP contribution < -0.4 is 10.4 Å². The molecular formula is C26H36O4Si. The lowest BCUT2D eigenvalue weighted by molar-refractivity contribution is 0.0121. The van der Waals surface area contributed by atoms with Crippen LogP contribution in [0.2, 0.25) is 5.04 Å². The van der Waals surface area contributed by atoms with E-state index in [9.17, 15) is 15.3 Å². The van der Waals surface area contributed by atoms with Gasteiger partial charge >= 0.3 is 0 Å². The zero-order chi connectivity index (χ0) is 22.3. The van der Waals surface area contributed by atoms with Crippen molar-refractivity contribution in [1.29, 1.82) is 0 Å². The maximum absolute atomic E-state index is 11.2. The third kappa shape index (κ3) is 3.81. The Morgan fingerprint density at radius 3 is 1.77 bits per heavy atom. The fourth-order valence-corrected chi connectivity index (χ4v) is 10.0. The van der Waals surface area contributed by atoms with E-state index in [1.54, 1.807) is 0 Å². The molecule has 168 valence electrons. The summed E-state index contributed by atoms with van der Waals surface area (Å²) in [4.78, 5) is 0. The molecule has 0 aromatic heterocycles. The van der Waals surface area contributed by atoms with Gasteiger partial charge in [-0.15, -0.1) is 0 Å². The van der Waals surface area contributed by atoms with Gasteiger partial charge in [0.25, 0.3) is 8.32 Å². The minimum Gasteiger partial charge on any atom is -0.407 e. The van der Waals surface area contributed by atoms with Gasteiger partial charge in [-0.3, -0.25) is 0 Å². The molecule has 0 bridgehead atoms. The Balaban J connectivity index is 1.67. The van der Waals surface area contributed by atoms with Crippen molar-refractivity contribution in [2.24, 2.45) is 16.7 Å². The maximum atomic E-state index is 11.2. The van der Waals surface area contributed by atoms with Crippen molar-refractivity contribution in [3.8, 4) is 0 Å². The SMILES string of the molecule is CC(C)(C)[Si](OCC1(C(O)C2CC2(CO)CO)CC1)(c1ccccc1)c1ccccc1. The number of aliphatic hydroxyl groups is 3. The Hall–Kier alpha value is -1.50. The second-order valence-electron chi connectivity index (χ2n) is 10.7. The molecule has 31 heavy (non-hydrogen) atoms. The van der Waals surface area contributed by atoms with Gasteiger partial charge < -0.3 is 19.7 Å². The summed E-state index contributed by atoms with van der Waals surface area (Å²) in [6.07, 6.45) is 1.98. The molecule has 2 fully saturated rings. The first-order chi connectivity index (χ1) is 14.7. The summed E-state index contributed by atoms with van der Waals surface area (Å²) >= 11 is 0. The normalized spacial score (nSPS) is 22.7. The Labute approximate surface area is 187 Å². The molecule has 2 aromatic rings.